The van der Waals surface area contributed by atoms with Crippen molar-refractivity contribution in [3.63, 3.8) is 0 Å². The molecule has 0 aliphatic carbocycles. The molecule has 0 radical (unpaired) electrons. The lowest BCUT2D eigenvalue weighted by atomic mass is 10.1. The minimum atomic E-state index is -3.86. The molecule has 0 aliphatic rings. The molecule has 14 heavy (non-hydrogen) atoms. The van der Waals surface area contributed by atoms with E-state index in [-0.39, 0.29) is 9.92 Å². The lowest BCUT2D eigenvalue weighted by Gasteiger charge is -2.05. The first-order valence-corrected chi connectivity index (χ1v) is 6.39. The van der Waals surface area contributed by atoms with Crippen LogP contribution in [-0.4, -0.2) is 8.42 Å². The molecule has 2 nitrogen and oxygen atoms in total. The van der Waals surface area contributed by atoms with E-state index in [4.69, 9.17) is 22.3 Å². The molecular formula is C8H7Cl2FO2S. The van der Waals surface area contributed by atoms with Gasteiger partial charge in [-0.15, -0.1) is 0 Å². The summed E-state index contributed by atoms with van der Waals surface area (Å²) in [5, 5.41) is -0.0676. The Balaban J connectivity index is 3.28. The molecule has 0 amide bonds. The van der Waals surface area contributed by atoms with Crippen molar-refractivity contribution in [2.75, 3.05) is 0 Å². The molecule has 1 unspecified atom stereocenters. The molecule has 0 aliphatic heterocycles. The predicted molar refractivity (Wildman–Crippen MR) is 54.0 cm³/mol. The van der Waals surface area contributed by atoms with Crippen molar-refractivity contribution >= 4 is 31.3 Å². The molecule has 0 heterocycles. The normalized spacial score (nSPS) is 14.0. The van der Waals surface area contributed by atoms with Gasteiger partial charge >= 0.3 is 0 Å². The van der Waals surface area contributed by atoms with Gasteiger partial charge in [-0.05, 0) is 24.6 Å². The van der Waals surface area contributed by atoms with Crippen molar-refractivity contribution < 1.29 is 12.8 Å². The summed E-state index contributed by atoms with van der Waals surface area (Å²) in [7, 11) is 1.23. The molecule has 1 aromatic carbocycles. The maximum atomic E-state index is 12.8. The number of rotatable bonds is 2. The molecule has 0 spiro atoms. The zero-order valence-corrected chi connectivity index (χ0v) is 9.50. The minimum Gasteiger partial charge on any atom is -0.243 e. The van der Waals surface area contributed by atoms with Crippen LogP contribution in [0.4, 0.5) is 4.39 Å². The fourth-order valence-corrected chi connectivity index (χ4v) is 2.50. The molecule has 0 aromatic heterocycles. The van der Waals surface area contributed by atoms with Crippen LogP contribution in [0.1, 0.15) is 18.7 Å². The Morgan fingerprint density at radius 3 is 2.36 bits per heavy atom. The topological polar surface area (TPSA) is 34.1 Å². The highest BCUT2D eigenvalue weighted by atomic mass is 35.7. The fraction of sp³-hybridized carbons (Fsp3) is 0.250. The van der Waals surface area contributed by atoms with E-state index in [9.17, 15) is 12.8 Å². The van der Waals surface area contributed by atoms with Gasteiger partial charge in [0.05, 0.1) is 5.02 Å². The number of alkyl halides is 1. The van der Waals surface area contributed by atoms with Gasteiger partial charge in [0.2, 0.25) is 0 Å². The maximum absolute atomic E-state index is 12.8. The number of hydrogen-bond acceptors (Lipinski definition) is 2. The van der Waals surface area contributed by atoms with Gasteiger partial charge in [-0.1, -0.05) is 17.7 Å². The summed E-state index contributed by atoms with van der Waals surface area (Å²) in [6.07, 6.45) is -1.19. The minimum absolute atomic E-state index is 0.0676. The zero-order chi connectivity index (χ0) is 10.9. The van der Waals surface area contributed by atoms with Crippen molar-refractivity contribution in [1.82, 2.24) is 0 Å². The molecule has 78 valence electrons. The standard InChI is InChI=1S/C8H7Cl2FO2S/c1-5(11)6-2-3-8(7(9)4-6)14(10,12)13/h2-5H,1H3. The first-order chi connectivity index (χ1) is 6.32. The highest BCUT2D eigenvalue weighted by molar-refractivity contribution is 8.13. The Labute approximate surface area is 91.1 Å². The second-order valence-corrected chi connectivity index (χ2v) is 5.69. The van der Waals surface area contributed by atoms with Gasteiger partial charge < -0.3 is 0 Å². The summed E-state index contributed by atoms with van der Waals surface area (Å²) in [4.78, 5) is -0.203. The van der Waals surface area contributed by atoms with Crippen molar-refractivity contribution in [2.24, 2.45) is 0 Å². The van der Waals surface area contributed by atoms with Crippen LogP contribution < -0.4 is 0 Å². The van der Waals surface area contributed by atoms with Crippen molar-refractivity contribution in [3.8, 4) is 0 Å². The van der Waals surface area contributed by atoms with Crippen LogP contribution in [0.2, 0.25) is 5.02 Å². The Morgan fingerprint density at radius 1 is 1.43 bits per heavy atom. The summed E-state index contributed by atoms with van der Waals surface area (Å²) in [6.45, 7) is 1.33. The van der Waals surface area contributed by atoms with Crippen molar-refractivity contribution in [1.29, 1.82) is 0 Å². The predicted octanol–water partition coefficient (Wildman–Crippen LogP) is 3.30. The van der Waals surface area contributed by atoms with Crippen LogP contribution in [0.5, 0.6) is 0 Å². The number of halogens is 3. The maximum Gasteiger partial charge on any atom is 0.262 e. The van der Waals surface area contributed by atoms with E-state index in [1.54, 1.807) is 0 Å². The van der Waals surface area contributed by atoms with E-state index < -0.39 is 15.2 Å². The first kappa shape index (κ1) is 11.8. The molecule has 0 saturated heterocycles. The van der Waals surface area contributed by atoms with Gasteiger partial charge in [0.25, 0.3) is 9.05 Å². The van der Waals surface area contributed by atoms with Gasteiger partial charge in [-0.25, -0.2) is 12.8 Å². The van der Waals surface area contributed by atoms with Gasteiger partial charge in [0, 0.05) is 10.7 Å². The Bertz CT molecular complexity index is 443. The summed E-state index contributed by atoms with van der Waals surface area (Å²) in [5.74, 6) is 0. The molecule has 1 rings (SSSR count). The first-order valence-electron chi connectivity index (χ1n) is 3.70. The quantitative estimate of drug-likeness (QED) is 0.762. The zero-order valence-electron chi connectivity index (χ0n) is 7.17. The second-order valence-electron chi connectivity index (χ2n) is 2.74. The van der Waals surface area contributed by atoms with E-state index in [1.807, 2.05) is 0 Å². The summed E-state index contributed by atoms with van der Waals surface area (Å²) < 4.78 is 34.6. The Kier molecular flexibility index (Phi) is 3.40. The number of hydrogen-bond donors (Lipinski definition) is 0. The Morgan fingerprint density at radius 2 is 2.00 bits per heavy atom. The van der Waals surface area contributed by atoms with Gasteiger partial charge in [0.1, 0.15) is 11.1 Å². The van der Waals surface area contributed by atoms with Gasteiger partial charge in [-0.2, -0.15) is 0 Å². The number of benzene rings is 1. The monoisotopic (exact) mass is 256 g/mol. The molecule has 0 fully saturated rings. The molecule has 1 aromatic rings. The van der Waals surface area contributed by atoms with E-state index in [2.05, 4.69) is 0 Å². The molecule has 0 N–H and O–H groups in total. The highest BCUT2D eigenvalue weighted by Crippen LogP contribution is 2.28. The van der Waals surface area contributed by atoms with E-state index in [1.165, 1.54) is 25.1 Å². The van der Waals surface area contributed by atoms with Crippen LogP contribution in [0.15, 0.2) is 23.1 Å². The molecule has 6 heteroatoms. The van der Waals surface area contributed by atoms with Crippen molar-refractivity contribution in [3.05, 3.63) is 28.8 Å². The molecular weight excluding hydrogens is 250 g/mol. The molecule has 1 atom stereocenters. The van der Waals surface area contributed by atoms with Gasteiger partial charge in [0.15, 0.2) is 0 Å². The summed E-state index contributed by atoms with van der Waals surface area (Å²) in [5.41, 5.74) is 0.319. The Hall–Kier alpha value is -0.320. The lowest BCUT2D eigenvalue weighted by Crippen LogP contribution is -1.94. The van der Waals surface area contributed by atoms with Crippen LogP contribution >= 0.6 is 22.3 Å². The average molecular weight is 257 g/mol. The third-order valence-electron chi connectivity index (χ3n) is 1.68. The van der Waals surface area contributed by atoms with Crippen LogP contribution in [0.25, 0.3) is 0 Å². The van der Waals surface area contributed by atoms with Crippen LogP contribution in [0.3, 0.4) is 0 Å². The lowest BCUT2D eigenvalue weighted by molar-refractivity contribution is 0.374. The summed E-state index contributed by atoms with van der Waals surface area (Å²) >= 11 is 5.63. The smallest absolute Gasteiger partial charge is 0.243 e. The third-order valence-corrected chi connectivity index (χ3v) is 3.48. The van der Waals surface area contributed by atoms with Crippen LogP contribution in [-0.2, 0) is 9.05 Å². The van der Waals surface area contributed by atoms with Gasteiger partial charge in [-0.3, -0.25) is 0 Å². The van der Waals surface area contributed by atoms with E-state index >= 15 is 0 Å². The van der Waals surface area contributed by atoms with E-state index in [0.29, 0.717) is 5.56 Å². The molecule has 0 bridgehead atoms. The average Bonchev–Trinajstić information content (AvgIpc) is 2.01. The highest BCUT2D eigenvalue weighted by Gasteiger charge is 2.16. The SMILES string of the molecule is CC(F)c1ccc(S(=O)(=O)Cl)c(Cl)c1. The second kappa shape index (κ2) is 4.04. The molecule has 0 saturated carbocycles. The van der Waals surface area contributed by atoms with Crippen LogP contribution in [0, 0.1) is 0 Å². The van der Waals surface area contributed by atoms with E-state index in [0.717, 1.165) is 0 Å². The summed E-state index contributed by atoms with van der Waals surface area (Å²) in [6, 6.07) is 3.78. The third kappa shape index (κ3) is 2.59. The fourth-order valence-electron chi connectivity index (χ4n) is 0.962. The largest absolute Gasteiger partial charge is 0.262 e. The van der Waals surface area contributed by atoms with Crippen molar-refractivity contribution in [2.45, 2.75) is 18.0 Å².